The number of hydrogen-bond donors (Lipinski definition) is 1. The first kappa shape index (κ1) is 5.81. The number of nitrogens with zero attached hydrogens (tertiary/aromatic N) is 2. The van der Waals surface area contributed by atoms with E-state index in [1.807, 2.05) is 0 Å². The van der Waals surface area contributed by atoms with E-state index in [4.69, 9.17) is 5.73 Å². The summed E-state index contributed by atoms with van der Waals surface area (Å²) in [6.45, 7) is 0. The number of nitrogens with two attached hydrogens (primary N) is 1. The van der Waals surface area contributed by atoms with Crippen molar-refractivity contribution in [3.05, 3.63) is 12.4 Å². The zero-order chi connectivity index (χ0) is 5.98. The Kier molecular flexibility index (Phi) is 1.67. The molecule has 8 heavy (non-hydrogen) atoms. The van der Waals surface area contributed by atoms with E-state index in [0.717, 1.165) is 3.58 Å². The molecule has 0 aliphatic rings. The maximum atomic E-state index is 5.21. The first-order valence-electron chi connectivity index (χ1n) is 2.08. The Bertz CT molecular complexity index is 150. The number of hydrogen-bond acceptors (Lipinski definition) is 3. The van der Waals surface area contributed by atoms with Gasteiger partial charge in [0, 0.05) is 0 Å². The van der Waals surface area contributed by atoms with Crippen LogP contribution in [0.4, 0.5) is 5.95 Å². The van der Waals surface area contributed by atoms with Gasteiger partial charge in [0.2, 0.25) is 0 Å². The van der Waals surface area contributed by atoms with Crippen molar-refractivity contribution in [3.63, 3.8) is 0 Å². The summed E-state index contributed by atoms with van der Waals surface area (Å²) in [5.74, 6) is 0.344. The molecule has 39 valence electrons. The minimum atomic E-state index is 0.344. The zero-order valence-electron chi connectivity index (χ0n) is 4.13. The average molecular weight is 213 g/mol. The molecule has 0 fully saturated rings. The maximum absolute atomic E-state index is 5.21. The topological polar surface area (TPSA) is 51.8 Å². The summed E-state index contributed by atoms with van der Waals surface area (Å²) >= 11 is 1.32. The van der Waals surface area contributed by atoms with E-state index in [9.17, 15) is 0 Å². The number of rotatable bonds is 0. The molecule has 0 spiro atoms. The summed E-state index contributed by atoms with van der Waals surface area (Å²) in [5.41, 5.74) is 5.21. The van der Waals surface area contributed by atoms with Crippen LogP contribution in [0.15, 0.2) is 12.4 Å². The third-order valence-electron chi connectivity index (χ3n) is 0.672. The molecule has 1 heterocycles. The van der Waals surface area contributed by atoms with Crippen LogP contribution in [0.3, 0.4) is 0 Å². The molecule has 0 saturated carbocycles. The van der Waals surface area contributed by atoms with Gasteiger partial charge in [-0.25, -0.2) is 0 Å². The first-order chi connectivity index (χ1) is 3.79. The van der Waals surface area contributed by atoms with Crippen molar-refractivity contribution in [2.75, 3.05) is 5.73 Å². The van der Waals surface area contributed by atoms with Gasteiger partial charge in [-0.3, -0.25) is 0 Å². The summed E-state index contributed by atoms with van der Waals surface area (Å²) in [4.78, 5) is 7.54. The monoisotopic (exact) mass is 214 g/mol. The second-order valence-corrected chi connectivity index (χ2v) is 2.98. The van der Waals surface area contributed by atoms with E-state index < -0.39 is 0 Å². The van der Waals surface area contributed by atoms with E-state index >= 15 is 0 Å². The van der Waals surface area contributed by atoms with Crippen LogP contribution in [0.2, 0.25) is 0 Å². The quantitative estimate of drug-likeness (QED) is 0.553. The summed E-state index contributed by atoms with van der Waals surface area (Å²) in [5, 5.41) is 0. The molecular formula is C4H4N3Sn. The van der Waals surface area contributed by atoms with Crippen LogP contribution in [-0.4, -0.2) is 32.5 Å². The normalized spacial score (nSPS) is 9.12. The van der Waals surface area contributed by atoms with Gasteiger partial charge in [0.25, 0.3) is 0 Å². The molecule has 4 heteroatoms. The van der Waals surface area contributed by atoms with E-state index in [0.29, 0.717) is 5.95 Å². The van der Waals surface area contributed by atoms with E-state index in [-0.39, 0.29) is 0 Å². The molecule has 1 aromatic heterocycles. The second-order valence-electron chi connectivity index (χ2n) is 1.33. The fourth-order valence-corrected chi connectivity index (χ4v) is 0.706. The fraction of sp³-hybridized carbons (Fsp3) is 0. The van der Waals surface area contributed by atoms with Crippen LogP contribution in [0.5, 0.6) is 0 Å². The molecule has 0 atom stereocenters. The predicted octanol–water partition coefficient (Wildman–Crippen LogP) is -1.15. The number of nitrogen functional groups attached to an aromatic ring is 1. The Balaban J connectivity index is 3.03. The molecule has 2 N–H and O–H groups in total. The van der Waals surface area contributed by atoms with Crippen LogP contribution in [-0.2, 0) is 0 Å². The molecule has 3 radical (unpaired) electrons. The molecule has 0 aromatic carbocycles. The van der Waals surface area contributed by atoms with Crippen LogP contribution in [0.25, 0.3) is 0 Å². The van der Waals surface area contributed by atoms with E-state index in [1.165, 1.54) is 22.5 Å². The molecular weight excluding hydrogens is 209 g/mol. The van der Waals surface area contributed by atoms with Crippen molar-refractivity contribution in [1.82, 2.24) is 9.97 Å². The van der Waals surface area contributed by atoms with Crippen LogP contribution in [0.1, 0.15) is 0 Å². The van der Waals surface area contributed by atoms with Crippen molar-refractivity contribution in [2.45, 2.75) is 0 Å². The van der Waals surface area contributed by atoms with Gasteiger partial charge >= 0.3 is 60.1 Å². The van der Waals surface area contributed by atoms with Crippen LogP contribution in [0, 0.1) is 0 Å². The third kappa shape index (κ3) is 1.33. The molecule has 3 nitrogen and oxygen atoms in total. The number of aromatic nitrogens is 2. The van der Waals surface area contributed by atoms with Crippen molar-refractivity contribution in [2.24, 2.45) is 0 Å². The zero-order valence-corrected chi connectivity index (χ0v) is 6.98. The van der Waals surface area contributed by atoms with Crippen molar-refractivity contribution >= 4 is 32.1 Å². The van der Waals surface area contributed by atoms with Gasteiger partial charge in [0.05, 0.1) is 0 Å². The Hall–Kier alpha value is -0.321. The first-order valence-corrected chi connectivity index (χ1v) is 3.51. The minimum absolute atomic E-state index is 0.344. The average Bonchev–Trinajstić information content (AvgIpc) is 1.77. The third-order valence-corrected chi connectivity index (χ3v) is 1.41. The van der Waals surface area contributed by atoms with Gasteiger partial charge in [-0.05, 0) is 0 Å². The van der Waals surface area contributed by atoms with Gasteiger partial charge < -0.3 is 0 Å². The van der Waals surface area contributed by atoms with Crippen LogP contribution < -0.4 is 9.31 Å². The molecule has 0 aliphatic heterocycles. The molecule has 0 aliphatic carbocycles. The SMILES string of the molecule is Nc1nc[c]([Sn])cn1. The van der Waals surface area contributed by atoms with Crippen molar-refractivity contribution < 1.29 is 0 Å². The Labute approximate surface area is 60.4 Å². The molecule has 0 unspecified atom stereocenters. The molecule has 1 aromatic rings. The van der Waals surface area contributed by atoms with Crippen LogP contribution >= 0.6 is 0 Å². The molecule has 0 amide bonds. The predicted molar refractivity (Wildman–Crippen MR) is 31.8 cm³/mol. The number of anilines is 1. The Morgan fingerprint density at radius 2 is 1.88 bits per heavy atom. The summed E-state index contributed by atoms with van der Waals surface area (Å²) < 4.78 is 1.12. The summed E-state index contributed by atoms with van der Waals surface area (Å²) in [7, 11) is 0. The van der Waals surface area contributed by atoms with Gasteiger partial charge in [-0.1, -0.05) is 0 Å². The van der Waals surface area contributed by atoms with E-state index in [1.54, 1.807) is 12.4 Å². The fourth-order valence-electron chi connectivity index (χ4n) is 0.338. The van der Waals surface area contributed by atoms with Gasteiger partial charge in [0.15, 0.2) is 0 Å². The van der Waals surface area contributed by atoms with Crippen molar-refractivity contribution in [3.8, 4) is 0 Å². The van der Waals surface area contributed by atoms with E-state index in [2.05, 4.69) is 9.97 Å². The Morgan fingerprint density at radius 3 is 2.25 bits per heavy atom. The molecule has 0 bridgehead atoms. The Morgan fingerprint density at radius 1 is 1.38 bits per heavy atom. The second kappa shape index (κ2) is 2.30. The van der Waals surface area contributed by atoms with Gasteiger partial charge in [0.1, 0.15) is 0 Å². The van der Waals surface area contributed by atoms with Gasteiger partial charge in [-0.2, -0.15) is 0 Å². The standard InChI is InChI=1S/C4H4N3.Sn/c5-4-6-2-1-3-7-4;/h2-3H,(H2,5,6,7);. The molecule has 1 rings (SSSR count). The molecule has 0 saturated heterocycles. The summed E-state index contributed by atoms with van der Waals surface area (Å²) in [6, 6.07) is 0. The van der Waals surface area contributed by atoms with Gasteiger partial charge in [-0.15, -0.1) is 0 Å². The van der Waals surface area contributed by atoms with Crippen molar-refractivity contribution in [1.29, 1.82) is 0 Å². The summed E-state index contributed by atoms with van der Waals surface area (Å²) in [6.07, 6.45) is 3.45.